The van der Waals surface area contributed by atoms with Crippen LogP contribution in [0.1, 0.15) is 31.7 Å². The molecule has 0 amide bonds. The van der Waals surface area contributed by atoms with Crippen LogP contribution in [0.2, 0.25) is 5.02 Å². The third-order valence-corrected chi connectivity index (χ3v) is 3.09. The Morgan fingerprint density at radius 2 is 1.79 bits per heavy atom. The first-order valence-electron chi connectivity index (χ1n) is 6.41. The highest BCUT2D eigenvalue weighted by Crippen LogP contribution is 2.21. The zero-order valence-electron chi connectivity index (χ0n) is 10.9. The Kier molecular flexibility index (Phi) is 6.66. The van der Waals surface area contributed by atoms with Crippen molar-refractivity contribution in [1.29, 1.82) is 0 Å². The highest BCUT2D eigenvalue weighted by molar-refractivity contribution is 6.30. The number of nitrogens with one attached hydrogen (secondary N) is 1. The summed E-state index contributed by atoms with van der Waals surface area (Å²) in [6.45, 7) is 2.64. The predicted octanol–water partition coefficient (Wildman–Crippen LogP) is 4.59. The highest BCUT2D eigenvalue weighted by Gasteiger charge is 2.25. The highest BCUT2D eigenvalue weighted by atomic mass is 35.5. The zero-order chi connectivity index (χ0) is 14.3. The van der Waals surface area contributed by atoms with E-state index < -0.39 is 12.6 Å². The van der Waals surface area contributed by atoms with E-state index in [1.54, 1.807) is 0 Å². The number of alkyl halides is 3. The molecule has 0 aliphatic rings. The first-order valence-corrected chi connectivity index (χ1v) is 6.79. The fourth-order valence-corrected chi connectivity index (χ4v) is 1.97. The van der Waals surface area contributed by atoms with E-state index in [-0.39, 0.29) is 12.5 Å². The molecule has 1 atom stereocenters. The number of halogens is 4. The summed E-state index contributed by atoms with van der Waals surface area (Å²) in [5, 5.41) is 3.94. The van der Waals surface area contributed by atoms with Crippen LogP contribution in [-0.4, -0.2) is 18.8 Å². The molecule has 0 radical (unpaired) electrons. The van der Waals surface area contributed by atoms with Gasteiger partial charge in [-0.25, -0.2) is 0 Å². The lowest BCUT2D eigenvalue weighted by Gasteiger charge is -2.14. The van der Waals surface area contributed by atoms with Crippen LogP contribution in [0.3, 0.4) is 0 Å². The summed E-state index contributed by atoms with van der Waals surface area (Å²) >= 11 is 5.80. The van der Waals surface area contributed by atoms with Crippen LogP contribution in [0.5, 0.6) is 0 Å². The summed E-state index contributed by atoms with van der Waals surface area (Å²) in [5.41, 5.74) is 1.17. The molecule has 0 saturated carbocycles. The summed E-state index contributed by atoms with van der Waals surface area (Å²) in [6, 6.07) is 7.85. The number of hydrogen-bond donors (Lipinski definition) is 1. The molecule has 0 saturated heterocycles. The van der Waals surface area contributed by atoms with Crippen molar-refractivity contribution in [3.63, 3.8) is 0 Å². The average Bonchev–Trinajstić information content (AvgIpc) is 2.30. The van der Waals surface area contributed by atoms with E-state index >= 15 is 0 Å². The van der Waals surface area contributed by atoms with Crippen molar-refractivity contribution in [2.24, 2.45) is 0 Å². The van der Waals surface area contributed by atoms with Gasteiger partial charge in [-0.05, 0) is 50.4 Å². The maximum atomic E-state index is 11.9. The fraction of sp³-hybridized carbons (Fsp3) is 0.571. The fourth-order valence-electron chi connectivity index (χ4n) is 1.85. The lowest BCUT2D eigenvalue weighted by molar-refractivity contribution is -0.135. The molecular formula is C14H19ClF3N. The quantitative estimate of drug-likeness (QED) is 0.725. The van der Waals surface area contributed by atoms with Crippen molar-refractivity contribution in [3.8, 4) is 0 Å². The van der Waals surface area contributed by atoms with Gasteiger partial charge in [-0.15, -0.1) is 0 Å². The molecule has 0 fully saturated rings. The van der Waals surface area contributed by atoms with Crippen LogP contribution >= 0.6 is 11.6 Å². The van der Waals surface area contributed by atoms with Gasteiger partial charge in [-0.1, -0.05) is 23.7 Å². The van der Waals surface area contributed by atoms with Gasteiger partial charge in [-0.2, -0.15) is 13.2 Å². The smallest absolute Gasteiger partial charge is 0.314 e. The number of benzene rings is 1. The second-order valence-corrected chi connectivity index (χ2v) is 5.19. The molecule has 0 aliphatic carbocycles. The van der Waals surface area contributed by atoms with Crippen molar-refractivity contribution in [1.82, 2.24) is 5.32 Å². The first kappa shape index (κ1) is 16.3. The Balaban J connectivity index is 2.14. The maximum absolute atomic E-state index is 11.9. The molecule has 1 aromatic carbocycles. The monoisotopic (exact) mass is 293 g/mol. The third-order valence-electron chi connectivity index (χ3n) is 2.83. The van der Waals surface area contributed by atoms with Crippen LogP contribution in [0.4, 0.5) is 13.2 Å². The molecule has 1 N–H and O–H groups in total. The van der Waals surface area contributed by atoms with E-state index in [0.29, 0.717) is 18.0 Å². The molecule has 1 rings (SSSR count). The van der Waals surface area contributed by atoms with Crippen molar-refractivity contribution < 1.29 is 13.2 Å². The molecule has 5 heteroatoms. The van der Waals surface area contributed by atoms with Gasteiger partial charge < -0.3 is 5.32 Å². The second kappa shape index (κ2) is 7.75. The van der Waals surface area contributed by atoms with Gasteiger partial charge in [0.1, 0.15) is 0 Å². The lowest BCUT2D eigenvalue weighted by Crippen LogP contribution is -2.29. The van der Waals surface area contributed by atoms with Gasteiger partial charge >= 0.3 is 6.18 Å². The van der Waals surface area contributed by atoms with Crippen LogP contribution in [0, 0.1) is 0 Å². The molecule has 1 nitrogen and oxygen atoms in total. The SMILES string of the molecule is CC(Cc1ccc(Cl)cc1)NCCCCC(F)(F)F. The molecular weight excluding hydrogens is 275 g/mol. The van der Waals surface area contributed by atoms with Crippen molar-refractivity contribution in [2.75, 3.05) is 6.54 Å². The first-order chi connectivity index (χ1) is 8.87. The van der Waals surface area contributed by atoms with Gasteiger partial charge in [0.15, 0.2) is 0 Å². The van der Waals surface area contributed by atoms with E-state index in [0.717, 1.165) is 6.42 Å². The standard InChI is InChI=1S/C14H19ClF3N/c1-11(10-12-4-6-13(15)7-5-12)19-9-3-2-8-14(16,17)18/h4-7,11,19H,2-3,8-10H2,1H3. The predicted molar refractivity (Wildman–Crippen MR) is 72.5 cm³/mol. The van der Waals surface area contributed by atoms with Crippen molar-refractivity contribution in [2.45, 2.75) is 44.8 Å². The van der Waals surface area contributed by atoms with Gasteiger partial charge in [0.2, 0.25) is 0 Å². The van der Waals surface area contributed by atoms with Gasteiger partial charge in [0.25, 0.3) is 0 Å². The molecule has 0 aliphatic heterocycles. The normalized spacial score (nSPS) is 13.5. The molecule has 19 heavy (non-hydrogen) atoms. The number of unbranched alkanes of at least 4 members (excludes halogenated alkanes) is 1. The zero-order valence-corrected chi connectivity index (χ0v) is 11.7. The molecule has 1 aromatic rings. The Labute approximate surface area is 117 Å². The second-order valence-electron chi connectivity index (χ2n) is 4.76. The largest absolute Gasteiger partial charge is 0.389 e. The topological polar surface area (TPSA) is 12.0 Å². The van der Waals surface area contributed by atoms with Crippen LogP contribution in [0.25, 0.3) is 0 Å². The van der Waals surface area contributed by atoms with Gasteiger partial charge in [-0.3, -0.25) is 0 Å². The van der Waals surface area contributed by atoms with E-state index in [1.165, 1.54) is 5.56 Å². The number of hydrogen-bond acceptors (Lipinski definition) is 1. The van der Waals surface area contributed by atoms with Crippen LogP contribution < -0.4 is 5.32 Å². The Bertz CT molecular complexity index is 362. The lowest BCUT2D eigenvalue weighted by atomic mass is 10.1. The summed E-state index contributed by atoms with van der Waals surface area (Å²) in [4.78, 5) is 0. The van der Waals surface area contributed by atoms with E-state index in [2.05, 4.69) is 5.32 Å². The van der Waals surface area contributed by atoms with E-state index in [9.17, 15) is 13.2 Å². The Morgan fingerprint density at radius 3 is 2.37 bits per heavy atom. The Morgan fingerprint density at radius 1 is 1.16 bits per heavy atom. The van der Waals surface area contributed by atoms with Gasteiger partial charge in [0.05, 0.1) is 0 Å². The minimum absolute atomic E-state index is 0.185. The van der Waals surface area contributed by atoms with E-state index in [4.69, 9.17) is 11.6 Å². The molecule has 0 bridgehead atoms. The number of rotatable bonds is 7. The summed E-state index contributed by atoms with van der Waals surface area (Å²) in [7, 11) is 0. The summed E-state index contributed by atoms with van der Waals surface area (Å²) in [5.74, 6) is 0. The van der Waals surface area contributed by atoms with E-state index in [1.807, 2.05) is 31.2 Å². The molecule has 0 heterocycles. The molecule has 1 unspecified atom stereocenters. The molecule has 0 aromatic heterocycles. The average molecular weight is 294 g/mol. The van der Waals surface area contributed by atoms with Crippen LogP contribution in [-0.2, 0) is 6.42 Å². The Hall–Kier alpha value is -0.740. The molecule has 108 valence electrons. The van der Waals surface area contributed by atoms with Crippen molar-refractivity contribution in [3.05, 3.63) is 34.9 Å². The van der Waals surface area contributed by atoms with Crippen LogP contribution in [0.15, 0.2) is 24.3 Å². The summed E-state index contributed by atoms with van der Waals surface area (Å²) < 4.78 is 35.8. The summed E-state index contributed by atoms with van der Waals surface area (Å²) in [6.07, 6.45) is -3.15. The van der Waals surface area contributed by atoms with Crippen molar-refractivity contribution >= 4 is 11.6 Å². The van der Waals surface area contributed by atoms with Gasteiger partial charge in [0, 0.05) is 17.5 Å². The molecule has 0 spiro atoms. The minimum atomic E-state index is -4.03. The minimum Gasteiger partial charge on any atom is -0.314 e. The maximum Gasteiger partial charge on any atom is 0.389 e. The third kappa shape index (κ3) is 8.11.